The summed E-state index contributed by atoms with van der Waals surface area (Å²) >= 11 is 0. The first kappa shape index (κ1) is 11.2. The maximum Gasteiger partial charge on any atom is 0.146 e. The maximum absolute atomic E-state index is 13.6. The lowest BCUT2D eigenvalue weighted by atomic mass is 9.85. The zero-order chi connectivity index (χ0) is 11.7. The molecule has 0 amide bonds. The highest BCUT2D eigenvalue weighted by Gasteiger charge is 2.25. The Kier molecular flexibility index (Phi) is 3.03. The van der Waals surface area contributed by atoms with Crippen LogP contribution in [-0.2, 0) is 6.42 Å². The van der Waals surface area contributed by atoms with Gasteiger partial charge in [-0.25, -0.2) is 4.39 Å². The molecule has 0 spiro atoms. The molecule has 1 heterocycles. The smallest absolute Gasteiger partial charge is 0.146 e. The summed E-state index contributed by atoms with van der Waals surface area (Å²) in [5, 5.41) is 3.18. The van der Waals surface area contributed by atoms with E-state index in [1.54, 1.807) is 13.2 Å². The number of ether oxygens (including phenoxy) is 1. The van der Waals surface area contributed by atoms with Crippen LogP contribution in [0.5, 0.6) is 5.75 Å². The molecule has 1 aliphatic heterocycles. The van der Waals surface area contributed by atoms with Crippen LogP contribution in [0.2, 0.25) is 0 Å². The van der Waals surface area contributed by atoms with Gasteiger partial charge in [-0.2, -0.15) is 0 Å². The van der Waals surface area contributed by atoms with Gasteiger partial charge in [-0.05, 0) is 30.4 Å². The molecule has 0 aromatic heterocycles. The monoisotopic (exact) mass is 223 g/mol. The fourth-order valence-corrected chi connectivity index (χ4v) is 2.22. The van der Waals surface area contributed by atoms with Crippen molar-refractivity contribution in [1.82, 2.24) is 0 Å². The number of rotatable bonds is 2. The maximum atomic E-state index is 13.6. The van der Waals surface area contributed by atoms with Gasteiger partial charge in [0.2, 0.25) is 0 Å². The molecule has 2 nitrogen and oxygen atoms in total. The van der Waals surface area contributed by atoms with Gasteiger partial charge >= 0.3 is 0 Å². The third kappa shape index (κ3) is 1.86. The van der Waals surface area contributed by atoms with Crippen LogP contribution in [-0.4, -0.2) is 13.7 Å². The molecule has 1 N–H and O–H groups in total. The van der Waals surface area contributed by atoms with Gasteiger partial charge in [-0.1, -0.05) is 13.8 Å². The van der Waals surface area contributed by atoms with Gasteiger partial charge in [0.25, 0.3) is 0 Å². The van der Waals surface area contributed by atoms with E-state index in [-0.39, 0.29) is 5.82 Å². The average Bonchev–Trinajstić information content (AvgIpc) is 2.29. The van der Waals surface area contributed by atoms with Crippen molar-refractivity contribution in [3.63, 3.8) is 0 Å². The topological polar surface area (TPSA) is 21.3 Å². The van der Waals surface area contributed by atoms with Crippen LogP contribution in [0.1, 0.15) is 19.4 Å². The molecule has 0 saturated carbocycles. The minimum Gasteiger partial charge on any atom is -0.496 e. The molecule has 0 bridgehead atoms. The number of anilines is 1. The summed E-state index contributed by atoms with van der Waals surface area (Å²) in [5.74, 6) is 1.74. The molecule has 1 atom stereocenters. The largest absolute Gasteiger partial charge is 0.496 e. The zero-order valence-corrected chi connectivity index (χ0v) is 10.0. The van der Waals surface area contributed by atoms with Crippen molar-refractivity contribution in [2.75, 3.05) is 19.0 Å². The minimum absolute atomic E-state index is 0.182. The standard InChI is InChI=1S/C13H18FNO/c1-8(2)9-6-10-12(16-3)5-4-11(14)13(10)15-7-9/h4-5,8-9,15H,6-7H2,1-3H3. The van der Waals surface area contributed by atoms with Crippen molar-refractivity contribution in [3.8, 4) is 5.75 Å². The van der Waals surface area contributed by atoms with Crippen LogP contribution in [0.15, 0.2) is 12.1 Å². The fourth-order valence-electron chi connectivity index (χ4n) is 2.22. The van der Waals surface area contributed by atoms with Crippen molar-refractivity contribution in [2.45, 2.75) is 20.3 Å². The first-order valence-electron chi connectivity index (χ1n) is 5.72. The summed E-state index contributed by atoms with van der Waals surface area (Å²) in [7, 11) is 1.63. The number of methoxy groups -OCH3 is 1. The highest BCUT2D eigenvalue weighted by Crippen LogP contribution is 2.36. The molecule has 1 unspecified atom stereocenters. The molecule has 0 radical (unpaired) electrons. The Morgan fingerprint density at radius 3 is 2.81 bits per heavy atom. The summed E-state index contributed by atoms with van der Waals surface area (Å²) in [6.07, 6.45) is 0.890. The van der Waals surface area contributed by atoms with Gasteiger partial charge in [0.15, 0.2) is 0 Å². The van der Waals surface area contributed by atoms with E-state index in [4.69, 9.17) is 4.74 Å². The Morgan fingerprint density at radius 2 is 2.19 bits per heavy atom. The van der Waals surface area contributed by atoms with E-state index in [9.17, 15) is 4.39 Å². The number of fused-ring (bicyclic) bond motifs is 1. The van der Waals surface area contributed by atoms with E-state index in [2.05, 4.69) is 19.2 Å². The highest BCUT2D eigenvalue weighted by molar-refractivity contribution is 5.60. The lowest BCUT2D eigenvalue weighted by molar-refractivity contribution is 0.369. The van der Waals surface area contributed by atoms with Gasteiger partial charge in [0, 0.05) is 12.1 Å². The Hall–Kier alpha value is -1.25. The average molecular weight is 223 g/mol. The minimum atomic E-state index is -0.182. The Balaban J connectivity index is 2.38. The van der Waals surface area contributed by atoms with E-state index < -0.39 is 0 Å². The highest BCUT2D eigenvalue weighted by atomic mass is 19.1. The third-order valence-corrected chi connectivity index (χ3v) is 3.39. The van der Waals surface area contributed by atoms with Crippen LogP contribution >= 0.6 is 0 Å². The van der Waals surface area contributed by atoms with E-state index in [1.165, 1.54) is 6.07 Å². The van der Waals surface area contributed by atoms with E-state index in [1.807, 2.05) is 0 Å². The Labute approximate surface area is 95.8 Å². The van der Waals surface area contributed by atoms with Gasteiger partial charge in [-0.15, -0.1) is 0 Å². The number of hydrogen-bond donors (Lipinski definition) is 1. The summed E-state index contributed by atoms with van der Waals surface area (Å²) in [6, 6.07) is 3.17. The first-order chi connectivity index (χ1) is 7.63. The van der Waals surface area contributed by atoms with E-state index in [0.29, 0.717) is 17.5 Å². The first-order valence-corrected chi connectivity index (χ1v) is 5.72. The van der Waals surface area contributed by atoms with Crippen LogP contribution in [0.4, 0.5) is 10.1 Å². The van der Waals surface area contributed by atoms with Crippen molar-refractivity contribution in [2.24, 2.45) is 11.8 Å². The summed E-state index contributed by atoms with van der Waals surface area (Å²) in [4.78, 5) is 0. The predicted octanol–water partition coefficient (Wildman–Crippen LogP) is 3.07. The second-order valence-electron chi connectivity index (χ2n) is 4.69. The molecule has 0 aliphatic carbocycles. The molecule has 1 aromatic rings. The van der Waals surface area contributed by atoms with E-state index >= 15 is 0 Å². The van der Waals surface area contributed by atoms with Crippen LogP contribution in [0, 0.1) is 17.7 Å². The number of hydrogen-bond acceptors (Lipinski definition) is 2. The van der Waals surface area contributed by atoms with Gasteiger partial charge in [0.1, 0.15) is 11.6 Å². The summed E-state index contributed by atoms with van der Waals surface area (Å²) < 4.78 is 18.9. The van der Waals surface area contributed by atoms with Crippen LogP contribution < -0.4 is 10.1 Å². The Morgan fingerprint density at radius 1 is 1.44 bits per heavy atom. The Bertz CT molecular complexity index is 390. The number of halogens is 1. The van der Waals surface area contributed by atoms with Crippen molar-refractivity contribution in [3.05, 3.63) is 23.5 Å². The molecule has 2 rings (SSSR count). The number of nitrogens with one attached hydrogen (secondary N) is 1. The third-order valence-electron chi connectivity index (χ3n) is 3.39. The van der Waals surface area contributed by atoms with Gasteiger partial charge in [-0.3, -0.25) is 0 Å². The molecule has 88 valence electrons. The zero-order valence-electron chi connectivity index (χ0n) is 10.0. The van der Waals surface area contributed by atoms with Crippen molar-refractivity contribution < 1.29 is 9.13 Å². The molecule has 1 aromatic carbocycles. The fraction of sp³-hybridized carbons (Fsp3) is 0.538. The van der Waals surface area contributed by atoms with Gasteiger partial charge in [0.05, 0.1) is 12.8 Å². The van der Waals surface area contributed by atoms with Crippen molar-refractivity contribution in [1.29, 1.82) is 0 Å². The molecular weight excluding hydrogens is 205 g/mol. The quantitative estimate of drug-likeness (QED) is 0.832. The lowest BCUT2D eigenvalue weighted by Crippen LogP contribution is -2.28. The summed E-state index contributed by atoms with van der Waals surface area (Å²) in [5.41, 5.74) is 1.60. The van der Waals surface area contributed by atoms with Crippen molar-refractivity contribution >= 4 is 5.69 Å². The van der Waals surface area contributed by atoms with Gasteiger partial charge < -0.3 is 10.1 Å². The van der Waals surface area contributed by atoms with E-state index in [0.717, 1.165) is 24.3 Å². The molecule has 0 fully saturated rings. The molecule has 3 heteroatoms. The molecular formula is C13H18FNO. The molecule has 16 heavy (non-hydrogen) atoms. The van der Waals surface area contributed by atoms with Crippen LogP contribution in [0.25, 0.3) is 0 Å². The van der Waals surface area contributed by atoms with Crippen LogP contribution in [0.3, 0.4) is 0 Å². The number of benzene rings is 1. The summed E-state index contributed by atoms with van der Waals surface area (Å²) in [6.45, 7) is 5.24. The second-order valence-corrected chi connectivity index (χ2v) is 4.69. The second kappa shape index (κ2) is 4.32. The normalized spacial score (nSPS) is 19.2. The SMILES string of the molecule is COc1ccc(F)c2c1CC(C(C)C)CN2. The lowest BCUT2D eigenvalue weighted by Gasteiger charge is -2.30. The molecule has 1 aliphatic rings. The predicted molar refractivity (Wildman–Crippen MR) is 63.5 cm³/mol. The molecule has 0 saturated heterocycles.